The van der Waals surface area contributed by atoms with E-state index in [2.05, 4.69) is 20.9 Å². The van der Waals surface area contributed by atoms with Crippen LogP contribution in [0.2, 0.25) is 0 Å². The molecule has 0 bridgehead atoms. The minimum atomic E-state index is -2.58. The largest absolute Gasteiger partial charge is 0.326 e. The van der Waals surface area contributed by atoms with E-state index >= 15 is 0 Å². The number of hydrogen-bond acceptors (Lipinski definition) is 2. The first-order valence-electron chi connectivity index (χ1n) is 3.39. The average Bonchev–Trinajstić information content (AvgIpc) is 2.02. The standard InChI is InChI=1S/C7H6BrF2IN2/c8-4-1-5(11)13-6(7(9)10)3(4)2-12/h1,7H,2,12H2. The third-order valence-electron chi connectivity index (χ3n) is 1.48. The van der Waals surface area contributed by atoms with Crippen LogP contribution in [0, 0.1) is 3.70 Å². The first-order chi connectivity index (χ1) is 6.06. The second kappa shape index (κ2) is 4.61. The highest BCUT2D eigenvalue weighted by molar-refractivity contribution is 14.1. The second-order valence-corrected chi connectivity index (χ2v) is 4.26. The lowest BCUT2D eigenvalue weighted by Gasteiger charge is -2.08. The fourth-order valence-corrected chi connectivity index (χ4v) is 2.49. The molecule has 1 rings (SSSR count). The van der Waals surface area contributed by atoms with Gasteiger partial charge in [-0.25, -0.2) is 13.8 Å². The molecule has 13 heavy (non-hydrogen) atoms. The number of aromatic nitrogens is 1. The van der Waals surface area contributed by atoms with E-state index < -0.39 is 6.43 Å². The zero-order valence-electron chi connectivity index (χ0n) is 6.40. The van der Waals surface area contributed by atoms with Crippen molar-refractivity contribution in [3.05, 3.63) is 25.5 Å². The Labute approximate surface area is 96.2 Å². The van der Waals surface area contributed by atoms with Crippen molar-refractivity contribution >= 4 is 38.5 Å². The monoisotopic (exact) mass is 362 g/mol. The zero-order chi connectivity index (χ0) is 10.0. The molecule has 0 unspecified atom stereocenters. The van der Waals surface area contributed by atoms with Crippen LogP contribution in [-0.4, -0.2) is 4.98 Å². The molecule has 0 aliphatic heterocycles. The molecular weight excluding hydrogens is 357 g/mol. The summed E-state index contributed by atoms with van der Waals surface area (Å²) in [4.78, 5) is 3.73. The van der Waals surface area contributed by atoms with Crippen molar-refractivity contribution < 1.29 is 8.78 Å². The maximum atomic E-state index is 12.4. The van der Waals surface area contributed by atoms with E-state index in [1.807, 2.05) is 22.6 Å². The van der Waals surface area contributed by atoms with Gasteiger partial charge in [0.1, 0.15) is 9.39 Å². The molecule has 1 aromatic heterocycles. The summed E-state index contributed by atoms with van der Waals surface area (Å²) in [6, 6.07) is 1.66. The number of hydrogen-bond donors (Lipinski definition) is 1. The van der Waals surface area contributed by atoms with Crippen LogP contribution >= 0.6 is 38.5 Å². The molecule has 0 radical (unpaired) electrons. The van der Waals surface area contributed by atoms with E-state index in [-0.39, 0.29) is 12.2 Å². The molecule has 0 spiro atoms. The Kier molecular flexibility index (Phi) is 3.99. The van der Waals surface area contributed by atoms with Crippen LogP contribution in [-0.2, 0) is 6.54 Å². The van der Waals surface area contributed by atoms with E-state index in [1.165, 1.54) is 0 Å². The topological polar surface area (TPSA) is 38.9 Å². The average molecular weight is 363 g/mol. The van der Waals surface area contributed by atoms with Crippen molar-refractivity contribution in [2.75, 3.05) is 0 Å². The Hall–Kier alpha value is 0.180. The summed E-state index contributed by atoms with van der Waals surface area (Å²) in [6.07, 6.45) is -2.58. The summed E-state index contributed by atoms with van der Waals surface area (Å²) in [7, 11) is 0. The van der Waals surface area contributed by atoms with Crippen LogP contribution in [0.5, 0.6) is 0 Å². The number of pyridine rings is 1. The number of nitrogens with two attached hydrogens (primary N) is 1. The van der Waals surface area contributed by atoms with Gasteiger partial charge < -0.3 is 5.73 Å². The van der Waals surface area contributed by atoms with Crippen LogP contribution in [0.3, 0.4) is 0 Å². The van der Waals surface area contributed by atoms with Gasteiger partial charge in [0.15, 0.2) is 0 Å². The molecule has 0 atom stereocenters. The molecule has 2 N–H and O–H groups in total. The summed E-state index contributed by atoms with van der Waals surface area (Å²) in [5.74, 6) is 0. The summed E-state index contributed by atoms with van der Waals surface area (Å²) >= 11 is 5.05. The molecule has 6 heteroatoms. The third-order valence-corrected chi connectivity index (χ3v) is 2.74. The second-order valence-electron chi connectivity index (χ2n) is 2.30. The van der Waals surface area contributed by atoms with Crippen molar-refractivity contribution in [2.24, 2.45) is 5.73 Å². The molecule has 1 heterocycles. The van der Waals surface area contributed by atoms with E-state index in [4.69, 9.17) is 5.73 Å². The lowest BCUT2D eigenvalue weighted by molar-refractivity contribution is 0.144. The van der Waals surface area contributed by atoms with Gasteiger partial charge in [-0.05, 0) is 28.7 Å². The number of halogens is 4. The maximum absolute atomic E-state index is 12.4. The summed E-state index contributed by atoms with van der Waals surface area (Å²) in [5, 5.41) is 0. The molecule has 0 saturated carbocycles. The predicted octanol–water partition coefficient (Wildman–Crippen LogP) is 2.85. The predicted molar refractivity (Wildman–Crippen MR) is 57.5 cm³/mol. The van der Waals surface area contributed by atoms with E-state index in [0.29, 0.717) is 13.7 Å². The lowest BCUT2D eigenvalue weighted by atomic mass is 10.2. The van der Waals surface area contributed by atoms with E-state index in [9.17, 15) is 8.78 Å². The Morgan fingerprint density at radius 3 is 2.69 bits per heavy atom. The van der Waals surface area contributed by atoms with Crippen LogP contribution < -0.4 is 5.73 Å². The fraction of sp³-hybridized carbons (Fsp3) is 0.286. The molecule has 0 amide bonds. The molecule has 2 nitrogen and oxygen atoms in total. The van der Waals surface area contributed by atoms with Crippen LogP contribution in [0.15, 0.2) is 10.5 Å². The van der Waals surface area contributed by atoms with Crippen LogP contribution in [0.1, 0.15) is 17.7 Å². The summed E-state index contributed by atoms with van der Waals surface area (Å²) in [5.41, 5.74) is 5.47. The minimum absolute atomic E-state index is 0.0597. The van der Waals surface area contributed by atoms with Gasteiger partial charge in [-0.3, -0.25) is 0 Å². The molecule has 0 aliphatic carbocycles. The Morgan fingerprint density at radius 2 is 2.23 bits per heavy atom. The fourth-order valence-electron chi connectivity index (χ4n) is 0.911. The van der Waals surface area contributed by atoms with Crippen molar-refractivity contribution in [3.63, 3.8) is 0 Å². The molecule has 1 aromatic rings. The number of rotatable bonds is 2. The third kappa shape index (κ3) is 2.57. The minimum Gasteiger partial charge on any atom is -0.326 e. The van der Waals surface area contributed by atoms with Gasteiger partial charge in [0.2, 0.25) is 0 Å². The van der Waals surface area contributed by atoms with Gasteiger partial charge in [-0.1, -0.05) is 15.9 Å². The summed E-state index contributed by atoms with van der Waals surface area (Å²) < 4.78 is 26.0. The molecule has 72 valence electrons. The normalized spacial score (nSPS) is 10.9. The van der Waals surface area contributed by atoms with Gasteiger partial charge in [-0.15, -0.1) is 0 Å². The Morgan fingerprint density at radius 1 is 1.62 bits per heavy atom. The highest BCUT2D eigenvalue weighted by Crippen LogP contribution is 2.27. The molecule has 0 aromatic carbocycles. The molecular formula is C7H6BrF2IN2. The molecule has 0 fully saturated rings. The summed E-state index contributed by atoms with van der Waals surface area (Å²) in [6.45, 7) is 0.0597. The Bertz CT molecular complexity index is 320. The Balaban J connectivity index is 3.29. The van der Waals surface area contributed by atoms with Crippen molar-refractivity contribution in [2.45, 2.75) is 13.0 Å². The smallest absolute Gasteiger partial charge is 0.280 e. The first-order valence-corrected chi connectivity index (χ1v) is 5.26. The van der Waals surface area contributed by atoms with Crippen LogP contribution in [0.25, 0.3) is 0 Å². The number of alkyl halides is 2. The van der Waals surface area contributed by atoms with Gasteiger partial charge in [0.25, 0.3) is 6.43 Å². The lowest BCUT2D eigenvalue weighted by Crippen LogP contribution is -2.06. The van der Waals surface area contributed by atoms with Gasteiger partial charge >= 0.3 is 0 Å². The SMILES string of the molecule is NCc1c(Br)cc(I)nc1C(F)F. The van der Waals surface area contributed by atoms with Gasteiger partial charge in [-0.2, -0.15) is 0 Å². The van der Waals surface area contributed by atoms with E-state index in [0.717, 1.165) is 0 Å². The zero-order valence-corrected chi connectivity index (χ0v) is 10.1. The van der Waals surface area contributed by atoms with Crippen LogP contribution in [0.4, 0.5) is 8.78 Å². The van der Waals surface area contributed by atoms with Gasteiger partial charge in [0.05, 0.1) is 0 Å². The maximum Gasteiger partial charge on any atom is 0.280 e. The van der Waals surface area contributed by atoms with Gasteiger partial charge in [0, 0.05) is 16.6 Å². The van der Waals surface area contributed by atoms with Crippen molar-refractivity contribution in [1.82, 2.24) is 4.98 Å². The van der Waals surface area contributed by atoms with Crippen molar-refractivity contribution in [1.29, 1.82) is 0 Å². The molecule has 0 saturated heterocycles. The first kappa shape index (κ1) is 11.3. The quantitative estimate of drug-likeness (QED) is 0.649. The van der Waals surface area contributed by atoms with Crippen molar-refractivity contribution in [3.8, 4) is 0 Å². The highest BCUT2D eigenvalue weighted by Gasteiger charge is 2.17. The van der Waals surface area contributed by atoms with E-state index in [1.54, 1.807) is 6.07 Å². The number of nitrogens with zero attached hydrogens (tertiary/aromatic N) is 1. The molecule has 0 aliphatic rings. The highest BCUT2D eigenvalue weighted by atomic mass is 127.